The van der Waals surface area contributed by atoms with Gasteiger partial charge in [-0.1, -0.05) is 6.07 Å². The van der Waals surface area contributed by atoms with Crippen molar-refractivity contribution in [3.05, 3.63) is 58.6 Å². The van der Waals surface area contributed by atoms with Gasteiger partial charge < -0.3 is 19.3 Å². The number of quaternary nitrogens is 2. The molecule has 1 aliphatic rings. The smallest absolute Gasteiger partial charge is 0.345 e. The van der Waals surface area contributed by atoms with Gasteiger partial charge in [0.25, 0.3) is 0 Å². The Labute approximate surface area is 151 Å². The van der Waals surface area contributed by atoms with E-state index in [9.17, 15) is 9.90 Å². The molecule has 134 valence electrons. The number of aromatic hydroxyl groups is 1. The summed E-state index contributed by atoms with van der Waals surface area (Å²) in [5, 5.41) is 11.2. The summed E-state index contributed by atoms with van der Waals surface area (Å²) < 4.78 is 5.65. The zero-order valence-electron chi connectivity index (χ0n) is 14.8. The lowest BCUT2D eigenvalue weighted by Crippen LogP contribution is -3.26. The number of fused-ring (bicyclic) bond motifs is 1. The Bertz CT molecular complexity index is 977. The summed E-state index contributed by atoms with van der Waals surface area (Å²) in [7, 11) is 2.20. The molecule has 0 aliphatic carbocycles. The first-order valence-electron chi connectivity index (χ1n) is 8.97. The number of rotatable bonds is 3. The number of phenolic OH excluding ortho intramolecular Hbond substituents is 1. The van der Waals surface area contributed by atoms with Gasteiger partial charge in [-0.15, -0.1) is 0 Å². The predicted octanol–water partition coefficient (Wildman–Crippen LogP) is -0.526. The summed E-state index contributed by atoms with van der Waals surface area (Å²) in [4.78, 5) is 19.7. The van der Waals surface area contributed by atoms with Gasteiger partial charge in [0.1, 0.15) is 38.5 Å². The molecule has 3 N–H and O–H groups in total. The van der Waals surface area contributed by atoms with Crippen molar-refractivity contribution in [2.75, 3.05) is 33.2 Å². The molecule has 0 radical (unpaired) electrons. The van der Waals surface area contributed by atoms with Crippen LogP contribution < -0.4 is 15.4 Å². The number of piperazine rings is 1. The van der Waals surface area contributed by atoms with E-state index in [1.165, 1.54) is 9.80 Å². The lowest BCUT2D eigenvalue weighted by molar-refractivity contribution is -1.01. The van der Waals surface area contributed by atoms with Crippen LogP contribution in [0.2, 0.25) is 0 Å². The summed E-state index contributed by atoms with van der Waals surface area (Å²) in [5.74, 6) is 0.185. The molecular weight excluding hydrogens is 330 g/mol. The van der Waals surface area contributed by atoms with Crippen LogP contribution in [0, 0.1) is 0 Å². The fourth-order valence-electron chi connectivity index (χ4n) is 3.56. The molecule has 1 aromatic carbocycles. The molecule has 26 heavy (non-hydrogen) atoms. The molecule has 3 heterocycles. The number of hydrogen-bond donors (Lipinski definition) is 3. The molecule has 1 fully saturated rings. The molecule has 4 rings (SSSR count). The first kappa shape index (κ1) is 16.8. The highest BCUT2D eigenvalue weighted by atomic mass is 16.4. The number of benzene rings is 1. The highest BCUT2D eigenvalue weighted by Gasteiger charge is 2.23. The zero-order valence-corrected chi connectivity index (χ0v) is 14.8. The SMILES string of the molecule is C[NH+]1CC[NH+](Cc2c(O)ccc3cc(-c4ccccn4)c(=O)oc23)CC1. The maximum Gasteiger partial charge on any atom is 0.345 e. The monoisotopic (exact) mass is 353 g/mol. The van der Waals surface area contributed by atoms with E-state index in [-0.39, 0.29) is 5.75 Å². The number of pyridine rings is 1. The number of likely N-dealkylation sites (N-methyl/N-ethyl adjacent to an activating group) is 1. The van der Waals surface area contributed by atoms with Crippen molar-refractivity contribution in [1.82, 2.24) is 4.98 Å². The maximum atomic E-state index is 12.5. The fourth-order valence-corrected chi connectivity index (χ4v) is 3.56. The van der Waals surface area contributed by atoms with Crippen molar-refractivity contribution in [3.63, 3.8) is 0 Å². The van der Waals surface area contributed by atoms with Crippen LogP contribution in [-0.2, 0) is 6.54 Å². The molecular formula is C20H23N3O3+2. The fraction of sp³-hybridized carbons (Fsp3) is 0.300. The summed E-state index contributed by atoms with van der Waals surface area (Å²) in [5.41, 5.74) is 1.78. The van der Waals surface area contributed by atoms with Crippen molar-refractivity contribution in [3.8, 4) is 17.0 Å². The molecule has 1 saturated heterocycles. The van der Waals surface area contributed by atoms with E-state index in [0.717, 1.165) is 31.6 Å². The van der Waals surface area contributed by atoms with Gasteiger partial charge in [0.15, 0.2) is 5.58 Å². The topological polar surface area (TPSA) is 72.2 Å². The number of nitrogens with one attached hydrogen (secondary N) is 2. The molecule has 6 heteroatoms. The van der Waals surface area contributed by atoms with Crippen molar-refractivity contribution in [2.24, 2.45) is 0 Å². The van der Waals surface area contributed by atoms with Gasteiger partial charge >= 0.3 is 5.63 Å². The van der Waals surface area contributed by atoms with Gasteiger partial charge in [-0.3, -0.25) is 4.98 Å². The lowest BCUT2D eigenvalue weighted by atomic mass is 10.1. The van der Waals surface area contributed by atoms with Crippen LogP contribution in [0.5, 0.6) is 5.75 Å². The minimum atomic E-state index is -0.430. The third-order valence-corrected chi connectivity index (χ3v) is 5.16. The Hall–Kier alpha value is -2.70. The van der Waals surface area contributed by atoms with Crippen LogP contribution in [0.4, 0.5) is 0 Å². The Morgan fingerprint density at radius 2 is 1.96 bits per heavy atom. The van der Waals surface area contributed by atoms with Crippen LogP contribution in [0.3, 0.4) is 0 Å². The highest BCUT2D eigenvalue weighted by Crippen LogP contribution is 2.28. The Kier molecular flexibility index (Phi) is 4.44. The van der Waals surface area contributed by atoms with Crippen LogP contribution in [-0.4, -0.2) is 43.3 Å². The van der Waals surface area contributed by atoms with E-state index in [1.807, 2.05) is 12.1 Å². The second kappa shape index (κ2) is 6.90. The standard InChI is InChI=1S/C20H21N3O3/c1-22-8-10-23(11-9-22)13-16-18(24)6-5-14-12-15(20(25)26-19(14)16)17-4-2-3-7-21-17/h2-7,12,24H,8-11,13H2,1H3/p+2. The molecule has 0 spiro atoms. The number of nitrogens with zero attached hydrogens (tertiary/aromatic N) is 1. The van der Waals surface area contributed by atoms with Crippen LogP contribution in [0.25, 0.3) is 22.2 Å². The Morgan fingerprint density at radius 3 is 2.69 bits per heavy atom. The predicted molar refractivity (Wildman–Crippen MR) is 98.4 cm³/mol. The minimum Gasteiger partial charge on any atom is -0.507 e. The molecule has 3 aromatic rings. The quantitative estimate of drug-likeness (QED) is 0.554. The van der Waals surface area contributed by atoms with Crippen LogP contribution in [0.15, 0.2) is 51.8 Å². The maximum absolute atomic E-state index is 12.5. The minimum absolute atomic E-state index is 0.185. The highest BCUT2D eigenvalue weighted by molar-refractivity contribution is 5.85. The van der Waals surface area contributed by atoms with Gasteiger partial charge in [-0.05, 0) is 30.3 Å². The van der Waals surface area contributed by atoms with Gasteiger partial charge in [0, 0.05) is 11.6 Å². The van der Waals surface area contributed by atoms with Crippen LogP contribution >= 0.6 is 0 Å². The van der Waals surface area contributed by atoms with Gasteiger partial charge in [0.2, 0.25) is 0 Å². The molecule has 0 amide bonds. The number of hydrogen-bond acceptors (Lipinski definition) is 4. The first-order chi connectivity index (χ1) is 12.6. The number of aromatic nitrogens is 1. The molecule has 0 atom stereocenters. The van der Waals surface area contributed by atoms with Crippen molar-refractivity contribution < 1.29 is 19.3 Å². The van der Waals surface area contributed by atoms with E-state index in [0.29, 0.717) is 28.9 Å². The second-order valence-electron chi connectivity index (χ2n) is 7.03. The molecule has 0 bridgehead atoms. The largest absolute Gasteiger partial charge is 0.507 e. The van der Waals surface area contributed by atoms with Gasteiger partial charge in [-0.2, -0.15) is 0 Å². The van der Waals surface area contributed by atoms with Crippen molar-refractivity contribution in [2.45, 2.75) is 6.54 Å². The summed E-state index contributed by atoms with van der Waals surface area (Å²) >= 11 is 0. The Balaban J connectivity index is 1.75. The van der Waals surface area contributed by atoms with E-state index in [2.05, 4.69) is 12.0 Å². The van der Waals surface area contributed by atoms with Crippen molar-refractivity contribution >= 4 is 11.0 Å². The van der Waals surface area contributed by atoms with Crippen molar-refractivity contribution in [1.29, 1.82) is 0 Å². The Morgan fingerprint density at radius 1 is 1.15 bits per heavy atom. The third kappa shape index (κ3) is 3.21. The average molecular weight is 353 g/mol. The summed E-state index contributed by atoms with van der Waals surface area (Å²) in [6.45, 7) is 4.95. The second-order valence-corrected chi connectivity index (χ2v) is 7.03. The average Bonchev–Trinajstić information content (AvgIpc) is 2.66. The van der Waals surface area contributed by atoms with Gasteiger partial charge in [0.05, 0.1) is 23.9 Å². The summed E-state index contributed by atoms with van der Waals surface area (Å²) in [6.07, 6.45) is 1.65. The first-order valence-corrected chi connectivity index (χ1v) is 8.97. The number of phenols is 1. The molecule has 1 aliphatic heterocycles. The molecule has 2 aromatic heterocycles. The van der Waals surface area contributed by atoms with E-state index in [1.54, 1.807) is 30.5 Å². The normalized spacial score (nSPS) is 20.3. The third-order valence-electron chi connectivity index (χ3n) is 5.16. The zero-order chi connectivity index (χ0) is 18.1. The lowest BCUT2D eigenvalue weighted by Gasteiger charge is -2.27. The van der Waals surface area contributed by atoms with Crippen LogP contribution in [0.1, 0.15) is 5.56 Å². The molecule has 6 nitrogen and oxygen atoms in total. The van der Waals surface area contributed by atoms with E-state index in [4.69, 9.17) is 4.42 Å². The van der Waals surface area contributed by atoms with Gasteiger partial charge in [-0.25, -0.2) is 4.79 Å². The van der Waals surface area contributed by atoms with E-state index >= 15 is 0 Å². The summed E-state index contributed by atoms with van der Waals surface area (Å²) in [6, 6.07) is 10.7. The van der Waals surface area contributed by atoms with E-state index < -0.39 is 5.63 Å². The molecule has 0 saturated carbocycles. The molecule has 0 unspecified atom stereocenters.